The van der Waals surface area contributed by atoms with E-state index < -0.39 is 5.97 Å². The molecule has 0 atom stereocenters. The van der Waals surface area contributed by atoms with Crippen molar-refractivity contribution in [1.82, 2.24) is 14.8 Å². The fourth-order valence-electron chi connectivity index (χ4n) is 1.31. The maximum atomic E-state index is 10.7. The van der Waals surface area contributed by atoms with Gasteiger partial charge >= 0.3 is 5.97 Å². The van der Waals surface area contributed by atoms with Crippen LogP contribution in [-0.4, -0.2) is 25.8 Å². The Morgan fingerprint density at radius 3 is 2.50 bits per heavy atom. The van der Waals surface area contributed by atoms with Gasteiger partial charge < -0.3 is 5.11 Å². The Labute approximate surface area is 105 Å². The molecule has 1 N–H and O–H groups in total. The number of halogens is 1. The molecule has 1 heterocycles. The molecular weight excluding hydrogens is 321 g/mol. The quantitative estimate of drug-likeness (QED) is 0.855. The molecule has 2 aromatic rings. The zero-order valence-electron chi connectivity index (χ0n) is 8.38. The van der Waals surface area contributed by atoms with Crippen molar-refractivity contribution < 1.29 is 9.90 Å². The highest BCUT2D eigenvalue weighted by molar-refractivity contribution is 14.1. The number of carboxylic acids is 1. The van der Waals surface area contributed by atoms with E-state index in [9.17, 15) is 4.79 Å². The Bertz CT molecular complexity index is 533. The van der Waals surface area contributed by atoms with Crippen molar-refractivity contribution in [2.75, 3.05) is 0 Å². The number of aromatic nitrogens is 3. The summed E-state index contributed by atoms with van der Waals surface area (Å²) in [6.45, 7) is 1.72. The van der Waals surface area contributed by atoms with E-state index in [0.29, 0.717) is 5.82 Å². The minimum Gasteiger partial charge on any atom is -0.475 e. The van der Waals surface area contributed by atoms with Crippen LogP contribution in [0.1, 0.15) is 16.4 Å². The van der Waals surface area contributed by atoms with Gasteiger partial charge in [0.2, 0.25) is 0 Å². The van der Waals surface area contributed by atoms with Crippen LogP contribution < -0.4 is 0 Å². The second-order valence-electron chi connectivity index (χ2n) is 3.18. The van der Waals surface area contributed by atoms with Gasteiger partial charge in [0, 0.05) is 3.57 Å². The van der Waals surface area contributed by atoms with Crippen LogP contribution in [0.4, 0.5) is 0 Å². The minimum absolute atomic E-state index is 0.184. The lowest BCUT2D eigenvalue weighted by atomic mass is 10.3. The van der Waals surface area contributed by atoms with Gasteiger partial charge in [0.25, 0.3) is 5.82 Å². The molecule has 0 unspecified atom stereocenters. The zero-order valence-corrected chi connectivity index (χ0v) is 10.5. The minimum atomic E-state index is -1.12. The molecule has 0 amide bonds. The molecule has 16 heavy (non-hydrogen) atoms. The summed E-state index contributed by atoms with van der Waals surface area (Å²) in [4.78, 5) is 14.6. The molecule has 0 bridgehead atoms. The molecule has 0 fully saturated rings. The highest BCUT2D eigenvalue weighted by Crippen LogP contribution is 2.12. The van der Waals surface area contributed by atoms with Gasteiger partial charge in [-0.1, -0.05) is 0 Å². The van der Waals surface area contributed by atoms with E-state index in [-0.39, 0.29) is 5.82 Å². The van der Waals surface area contributed by atoms with Gasteiger partial charge in [0.1, 0.15) is 5.82 Å². The third kappa shape index (κ3) is 2.06. The molecule has 1 aromatic carbocycles. The zero-order chi connectivity index (χ0) is 11.7. The number of hydrogen-bond donors (Lipinski definition) is 1. The molecule has 2 rings (SSSR count). The second kappa shape index (κ2) is 4.20. The highest BCUT2D eigenvalue weighted by atomic mass is 127. The van der Waals surface area contributed by atoms with Crippen molar-refractivity contribution in [3.05, 3.63) is 39.5 Å². The topological polar surface area (TPSA) is 68.0 Å². The largest absolute Gasteiger partial charge is 0.475 e. The summed E-state index contributed by atoms with van der Waals surface area (Å²) in [7, 11) is 0. The van der Waals surface area contributed by atoms with Gasteiger partial charge in [0.15, 0.2) is 0 Å². The summed E-state index contributed by atoms with van der Waals surface area (Å²) in [5, 5.41) is 12.7. The van der Waals surface area contributed by atoms with E-state index in [1.165, 1.54) is 4.68 Å². The van der Waals surface area contributed by atoms with Crippen LogP contribution in [0.2, 0.25) is 0 Å². The van der Waals surface area contributed by atoms with Gasteiger partial charge in [-0.05, 0) is 53.8 Å². The third-order valence-corrected chi connectivity index (χ3v) is 2.75. The second-order valence-corrected chi connectivity index (χ2v) is 4.42. The number of aryl methyl sites for hydroxylation is 1. The normalized spacial score (nSPS) is 10.4. The lowest BCUT2D eigenvalue weighted by Gasteiger charge is -2.01. The SMILES string of the molecule is Cc1nc(C(=O)O)nn1-c1ccc(I)cc1. The molecule has 0 saturated carbocycles. The van der Waals surface area contributed by atoms with E-state index in [1.807, 2.05) is 24.3 Å². The number of carboxylic acid groups (broad SMARTS) is 1. The Kier molecular flexibility index (Phi) is 2.90. The monoisotopic (exact) mass is 329 g/mol. The molecule has 6 heteroatoms. The van der Waals surface area contributed by atoms with Crippen molar-refractivity contribution in [2.45, 2.75) is 6.92 Å². The van der Waals surface area contributed by atoms with Crippen LogP contribution >= 0.6 is 22.6 Å². The number of hydrogen-bond acceptors (Lipinski definition) is 3. The van der Waals surface area contributed by atoms with Crippen LogP contribution in [0.25, 0.3) is 5.69 Å². The lowest BCUT2D eigenvalue weighted by Crippen LogP contribution is -2.02. The van der Waals surface area contributed by atoms with Gasteiger partial charge in [-0.25, -0.2) is 14.5 Å². The molecule has 0 saturated heterocycles. The first-order valence-corrected chi connectivity index (χ1v) is 5.58. The molecule has 1 aromatic heterocycles. The molecule has 5 nitrogen and oxygen atoms in total. The third-order valence-electron chi connectivity index (χ3n) is 2.03. The molecule has 0 radical (unpaired) electrons. The average molecular weight is 329 g/mol. The smallest absolute Gasteiger partial charge is 0.375 e. The summed E-state index contributed by atoms with van der Waals surface area (Å²) < 4.78 is 2.62. The van der Waals surface area contributed by atoms with E-state index in [1.54, 1.807) is 6.92 Å². The van der Waals surface area contributed by atoms with Crippen molar-refractivity contribution >= 4 is 28.6 Å². The van der Waals surface area contributed by atoms with Crippen LogP contribution in [0.5, 0.6) is 0 Å². The van der Waals surface area contributed by atoms with E-state index in [4.69, 9.17) is 5.11 Å². The van der Waals surface area contributed by atoms with Gasteiger partial charge in [0.05, 0.1) is 5.69 Å². The van der Waals surface area contributed by atoms with Crippen LogP contribution in [0.3, 0.4) is 0 Å². The fourth-order valence-corrected chi connectivity index (χ4v) is 1.67. The van der Waals surface area contributed by atoms with Crippen LogP contribution in [-0.2, 0) is 0 Å². The summed E-state index contributed by atoms with van der Waals surface area (Å²) in [6, 6.07) is 7.60. The summed E-state index contributed by atoms with van der Waals surface area (Å²) in [6.07, 6.45) is 0. The number of nitrogens with zero attached hydrogens (tertiary/aromatic N) is 3. The number of benzene rings is 1. The molecule has 82 valence electrons. The number of carbonyl (C=O) groups is 1. The van der Waals surface area contributed by atoms with E-state index in [0.717, 1.165) is 9.26 Å². The predicted octanol–water partition coefficient (Wildman–Crippen LogP) is 1.88. The first kappa shape index (κ1) is 11.1. The average Bonchev–Trinajstić information content (AvgIpc) is 2.62. The molecule has 0 spiro atoms. The lowest BCUT2D eigenvalue weighted by molar-refractivity contribution is 0.0683. The first-order chi connectivity index (χ1) is 7.58. The maximum Gasteiger partial charge on any atom is 0.375 e. The predicted molar refractivity (Wildman–Crippen MR) is 65.8 cm³/mol. The summed E-state index contributed by atoms with van der Waals surface area (Å²) in [5.74, 6) is -0.748. The fraction of sp³-hybridized carbons (Fsp3) is 0.100. The summed E-state index contributed by atoms with van der Waals surface area (Å²) in [5.41, 5.74) is 0.804. The number of aromatic carboxylic acids is 1. The van der Waals surface area contributed by atoms with Crippen molar-refractivity contribution in [3.63, 3.8) is 0 Å². The van der Waals surface area contributed by atoms with Gasteiger partial charge in [-0.15, -0.1) is 5.10 Å². The van der Waals surface area contributed by atoms with E-state index in [2.05, 4.69) is 32.7 Å². The molecule has 0 aliphatic rings. The van der Waals surface area contributed by atoms with E-state index >= 15 is 0 Å². The summed E-state index contributed by atoms with van der Waals surface area (Å²) >= 11 is 2.20. The van der Waals surface area contributed by atoms with Crippen molar-refractivity contribution in [3.8, 4) is 5.69 Å². The molecular formula is C10H8IN3O2. The molecule has 0 aliphatic heterocycles. The Morgan fingerprint density at radius 2 is 2.00 bits per heavy atom. The van der Waals surface area contributed by atoms with Gasteiger partial charge in [-0.3, -0.25) is 0 Å². The molecule has 0 aliphatic carbocycles. The van der Waals surface area contributed by atoms with Crippen molar-refractivity contribution in [1.29, 1.82) is 0 Å². The van der Waals surface area contributed by atoms with Gasteiger partial charge in [-0.2, -0.15) is 0 Å². The highest BCUT2D eigenvalue weighted by Gasteiger charge is 2.13. The first-order valence-electron chi connectivity index (χ1n) is 4.51. The van der Waals surface area contributed by atoms with Crippen molar-refractivity contribution in [2.24, 2.45) is 0 Å². The number of rotatable bonds is 2. The Balaban J connectivity index is 2.47. The Morgan fingerprint density at radius 1 is 1.38 bits per heavy atom. The maximum absolute atomic E-state index is 10.7. The Hall–Kier alpha value is -1.44. The van der Waals surface area contributed by atoms with Crippen LogP contribution in [0, 0.1) is 10.5 Å². The standard InChI is InChI=1S/C10H8IN3O2/c1-6-12-9(10(15)16)13-14(6)8-4-2-7(11)3-5-8/h2-5H,1H3,(H,15,16). The van der Waals surface area contributed by atoms with Crippen LogP contribution in [0.15, 0.2) is 24.3 Å².